The molecule has 2 rings (SSSR count). The molecule has 0 saturated heterocycles. The summed E-state index contributed by atoms with van der Waals surface area (Å²) in [6.07, 6.45) is 2.63. The Morgan fingerprint density at radius 3 is 2.65 bits per heavy atom. The Hall–Kier alpha value is -1.26. The van der Waals surface area contributed by atoms with E-state index in [9.17, 15) is 0 Å². The van der Waals surface area contributed by atoms with Crippen LogP contribution in [-0.4, -0.2) is 13.1 Å². The average Bonchev–Trinajstić information content (AvgIpc) is 2.74. The van der Waals surface area contributed by atoms with Crippen molar-refractivity contribution < 1.29 is 4.42 Å². The lowest BCUT2D eigenvalue weighted by molar-refractivity contribution is 0.529. The average molecular weight is 337 g/mol. The van der Waals surface area contributed by atoms with Crippen molar-refractivity contribution >= 4 is 21.6 Å². The number of furan rings is 1. The molecule has 20 heavy (non-hydrogen) atoms. The molecule has 0 aliphatic carbocycles. The van der Waals surface area contributed by atoms with Crippen molar-refractivity contribution in [1.29, 1.82) is 0 Å². The Balaban J connectivity index is 2.14. The largest absolute Gasteiger partial charge is 0.469 e. The smallest absolute Gasteiger partial charge is 0.105 e. The summed E-state index contributed by atoms with van der Waals surface area (Å²) in [5.74, 6) is 0.974. The maximum Gasteiger partial charge on any atom is 0.105 e. The summed E-state index contributed by atoms with van der Waals surface area (Å²) in [7, 11) is 2.08. The van der Waals surface area contributed by atoms with Gasteiger partial charge in [-0.3, -0.25) is 0 Å². The summed E-state index contributed by atoms with van der Waals surface area (Å²) in [6.45, 7) is 4.84. The Morgan fingerprint density at radius 2 is 2.10 bits per heavy atom. The van der Waals surface area contributed by atoms with Gasteiger partial charge in [-0.15, -0.1) is 0 Å². The fraction of sp³-hybridized carbons (Fsp3) is 0.375. The molecule has 4 heteroatoms. The van der Waals surface area contributed by atoms with Gasteiger partial charge in [0.15, 0.2) is 0 Å². The van der Waals surface area contributed by atoms with Crippen LogP contribution in [0.4, 0.5) is 5.69 Å². The highest BCUT2D eigenvalue weighted by molar-refractivity contribution is 9.10. The van der Waals surface area contributed by atoms with Gasteiger partial charge >= 0.3 is 0 Å². The summed E-state index contributed by atoms with van der Waals surface area (Å²) < 4.78 is 6.44. The minimum atomic E-state index is 0.180. The third kappa shape index (κ3) is 3.64. The van der Waals surface area contributed by atoms with Crippen LogP contribution in [-0.2, 0) is 13.0 Å². The lowest BCUT2D eigenvalue weighted by atomic mass is 10.1. The molecule has 0 fully saturated rings. The van der Waals surface area contributed by atoms with Gasteiger partial charge in [0.1, 0.15) is 5.76 Å². The van der Waals surface area contributed by atoms with Crippen molar-refractivity contribution in [3.8, 4) is 0 Å². The van der Waals surface area contributed by atoms with Gasteiger partial charge in [0, 0.05) is 29.7 Å². The second-order valence-corrected chi connectivity index (χ2v) is 6.18. The lowest BCUT2D eigenvalue weighted by Gasteiger charge is -2.21. The van der Waals surface area contributed by atoms with E-state index in [1.165, 1.54) is 16.8 Å². The van der Waals surface area contributed by atoms with Crippen LogP contribution in [0.3, 0.4) is 0 Å². The highest BCUT2D eigenvalue weighted by Gasteiger charge is 2.10. The number of anilines is 1. The first kappa shape index (κ1) is 15.1. The fourth-order valence-corrected chi connectivity index (χ4v) is 3.00. The van der Waals surface area contributed by atoms with Gasteiger partial charge in [-0.2, -0.15) is 0 Å². The zero-order valence-corrected chi connectivity index (χ0v) is 13.8. The molecule has 0 spiro atoms. The number of nitrogens with zero attached hydrogens (tertiary/aromatic N) is 1. The van der Waals surface area contributed by atoms with Gasteiger partial charge < -0.3 is 15.1 Å². The van der Waals surface area contributed by atoms with E-state index in [2.05, 4.69) is 46.1 Å². The summed E-state index contributed by atoms with van der Waals surface area (Å²) in [5.41, 5.74) is 9.47. The first-order valence-corrected chi connectivity index (χ1v) is 7.54. The second kappa shape index (κ2) is 6.46. The zero-order chi connectivity index (χ0) is 14.7. The van der Waals surface area contributed by atoms with Crippen molar-refractivity contribution in [2.45, 2.75) is 32.9 Å². The Labute approximate surface area is 128 Å². The van der Waals surface area contributed by atoms with E-state index in [1.807, 2.05) is 19.9 Å². The molecule has 0 aliphatic rings. The topological polar surface area (TPSA) is 42.4 Å². The van der Waals surface area contributed by atoms with Crippen LogP contribution < -0.4 is 10.6 Å². The molecule has 1 aromatic carbocycles. The molecule has 1 atom stereocenters. The Bertz CT molecular complexity index is 578. The highest BCUT2D eigenvalue weighted by Crippen LogP contribution is 2.28. The maximum absolute atomic E-state index is 5.84. The molecule has 2 aromatic rings. The van der Waals surface area contributed by atoms with Crippen molar-refractivity contribution in [2.24, 2.45) is 5.73 Å². The molecule has 1 aromatic heterocycles. The SMILES string of the molecule is Cc1occc1CN(C)c1ccc(CC(C)N)cc1Br. The summed E-state index contributed by atoms with van der Waals surface area (Å²) in [4.78, 5) is 2.21. The van der Waals surface area contributed by atoms with E-state index in [0.717, 1.165) is 23.2 Å². The molecular weight excluding hydrogens is 316 g/mol. The van der Waals surface area contributed by atoms with Crippen molar-refractivity contribution in [3.05, 3.63) is 51.9 Å². The summed E-state index contributed by atoms with van der Waals surface area (Å²) in [6, 6.07) is 8.63. The van der Waals surface area contributed by atoms with Gasteiger partial charge in [-0.25, -0.2) is 0 Å². The fourth-order valence-electron chi connectivity index (χ4n) is 2.27. The molecule has 1 unspecified atom stereocenters. The Kier molecular flexibility index (Phi) is 4.89. The molecule has 108 valence electrons. The van der Waals surface area contributed by atoms with Gasteiger partial charge in [0.05, 0.1) is 12.0 Å². The van der Waals surface area contributed by atoms with Crippen LogP contribution >= 0.6 is 15.9 Å². The number of rotatable bonds is 5. The van der Waals surface area contributed by atoms with Crippen molar-refractivity contribution in [1.82, 2.24) is 0 Å². The minimum absolute atomic E-state index is 0.180. The van der Waals surface area contributed by atoms with Gasteiger partial charge in [0.25, 0.3) is 0 Å². The lowest BCUT2D eigenvalue weighted by Crippen LogP contribution is -2.19. The quantitative estimate of drug-likeness (QED) is 0.900. The number of nitrogens with two attached hydrogens (primary N) is 1. The van der Waals surface area contributed by atoms with Gasteiger partial charge in [-0.1, -0.05) is 6.07 Å². The molecule has 0 aliphatic heterocycles. The number of hydrogen-bond acceptors (Lipinski definition) is 3. The Morgan fingerprint density at radius 1 is 1.35 bits per heavy atom. The van der Waals surface area contributed by atoms with Crippen molar-refractivity contribution in [3.63, 3.8) is 0 Å². The monoisotopic (exact) mass is 336 g/mol. The molecule has 0 bridgehead atoms. The molecule has 3 nitrogen and oxygen atoms in total. The van der Waals surface area contributed by atoms with E-state index >= 15 is 0 Å². The van der Waals surface area contributed by atoms with E-state index in [-0.39, 0.29) is 6.04 Å². The first-order chi connectivity index (χ1) is 9.47. The van der Waals surface area contributed by atoms with Crippen molar-refractivity contribution in [2.75, 3.05) is 11.9 Å². The third-order valence-corrected chi connectivity index (χ3v) is 3.99. The van der Waals surface area contributed by atoms with Crippen LogP contribution in [0.1, 0.15) is 23.8 Å². The molecular formula is C16H21BrN2O. The van der Waals surface area contributed by atoms with E-state index in [0.29, 0.717) is 0 Å². The summed E-state index contributed by atoms with van der Waals surface area (Å²) >= 11 is 3.65. The highest BCUT2D eigenvalue weighted by atomic mass is 79.9. The van der Waals surface area contributed by atoms with Crippen LogP contribution in [0.15, 0.2) is 39.4 Å². The molecule has 0 saturated carbocycles. The van der Waals surface area contributed by atoms with E-state index in [1.54, 1.807) is 6.26 Å². The number of hydrogen-bond donors (Lipinski definition) is 1. The second-order valence-electron chi connectivity index (χ2n) is 5.33. The van der Waals surface area contributed by atoms with Crippen LogP contribution in [0.2, 0.25) is 0 Å². The van der Waals surface area contributed by atoms with Crippen LogP contribution in [0.5, 0.6) is 0 Å². The molecule has 1 heterocycles. The van der Waals surface area contributed by atoms with E-state index in [4.69, 9.17) is 10.2 Å². The number of benzene rings is 1. The summed E-state index contributed by atoms with van der Waals surface area (Å²) in [5, 5.41) is 0. The normalized spacial score (nSPS) is 12.4. The van der Waals surface area contributed by atoms with Gasteiger partial charge in [-0.05, 0) is 60.0 Å². The number of aryl methyl sites for hydroxylation is 1. The van der Waals surface area contributed by atoms with Gasteiger partial charge in [0.2, 0.25) is 0 Å². The third-order valence-electron chi connectivity index (χ3n) is 3.35. The predicted octanol–water partition coefficient (Wildman–Crippen LogP) is 3.88. The molecule has 0 radical (unpaired) electrons. The minimum Gasteiger partial charge on any atom is -0.469 e. The predicted molar refractivity (Wildman–Crippen MR) is 87.0 cm³/mol. The molecule has 2 N–H and O–H groups in total. The standard InChI is InChI=1S/C16H21BrN2O/c1-11(18)8-13-4-5-16(15(17)9-13)19(3)10-14-6-7-20-12(14)2/h4-7,9,11H,8,10,18H2,1-3H3. The maximum atomic E-state index is 5.84. The van der Waals surface area contributed by atoms with E-state index < -0.39 is 0 Å². The molecule has 0 amide bonds. The first-order valence-electron chi connectivity index (χ1n) is 6.75. The zero-order valence-electron chi connectivity index (χ0n) is 12.2. The van der Waals surface area contributed by atoms with Crippen LogP contribution in [0.25, 0.3) is 0 Å². The van der Waals surface area contributed by atoms with Crippen LogP contribution in [0, 0.1) is 6.92 Å². The number of halogens is 1.